The Morgan fingerprint density at radius 2 is 2.04 bits per heavy atom. The molecule has 132 valence electrons. The van der Waals surface area contributed by atoms with E-state index in [9.17, 15) is 9.59 Å². The summed E-state index contributed by atoms with van der Waals surface area (Å²) in [5, 5.41) is 4.06. The number of amides is 2. The van der Waals surface area contributed by atoms with Gasteiger partial charge in [-0.05, 0) is 25.2 Å². The predicted octanol–water partition coefficient (Wildman–Crippen LogP) is 0.617. The summed E-state index contributed by atoms with van der Waals surface area (Å²) in [5.41, 5.74) is 0.308. The van der Waals surface area contributed by atoms with Crippen molar-refractivity contribution in [2.24, 2.45) is 7.05 Å². The van der Waals surface area contributed by atoms with Crippen molar-refractivity contribution in [3.8, 4) is 0 Å². The summed E-state index contributed by atoms with van der Waals surface area (Å²) < 4.78 is 7.66. The predicted molar refractivity (Wildman–Crippen MR) is 92.0 cm³/mol. The van der Waals surface area contributed by atoms with Crippen LogP contribution in [-0.4, -0.2) is 81.8 Å². The zero-order valence-corrected chi connectivity index (χ0v) is 15.0. The Hall–Kier alpha value is -1.54. The van der Waals surface area contributed by atoms with Crippen LogP contribution in [0.2, 0.25) is 0 Å². The third kappa shape index (κ3) is 3.44. The molecule has 1 aromatic rings. The van der Waals surface area contributed by atoms with Crippen LogP contribution < -0.4 is 0 Å². The van der Waals surface area contributed by atoms with Crippen LogP contribution in [0.1, 0.15) is 23.3 Å². The highest BCUT2D eigenvalue weighted by Crippen LogP contribution is 2.31. The van der Waals surface area contributed by atoms with E-state index in [0.717, 1.165) is 12.8 Å². The van der Waals surface area contributed by atoms with Crippen LogP contribution in [0.15, 0.2) is 12.3 Å². The number of hydrogen-bond donors (Lipinski definition) is 0. The highest BCUT2D eigenvalue weighted by atomic mass is 32.2. The lowest BCUT2D eigenvalue weighted by atomic mass is 9.89. The minimum absolute atomic E-state index is 0.0102. The Morgan fingerprint density at radius 1 is 1.29 bits per heavy atom. The molecule has 0 atom stereocenters. The van der Waals surface area contributed by atoms with Crippen molar-refractivity contribution in [1.29, 1.82) is 0 Å². The van der Waals surface area contributed by atoms with Gasteiger partial charge in [-0.1, -0.05) is 0 Å². The van der Waals surface area contributed by atoms with Gasteiger partial charge in [-0.15, -0.1) is 0 Å². The molecular formula is C16H24N4O3S. The fraction of sp³-hybridized carbons (Fsp3) is 0.688. The van der Waals surface area contributed by atoms with Crippen molar-refractivity contribution in [3.63, 3.8) is 0 Å². The van der Waals surface area contributed by atoms with E-state index in [1.54, 1.807) is 35.8 Å². The van der Waals surface area contributed by atoms with Gasteiger partial charge in [0.25, 0.3) is 5.91 Å². The van der Waals surface area contributed by atoms with Gasteiger partial charge in [-0.2, -0.15) is 16.9 Å². The van der Waals surface area contributed by atoms with Crippen molar-refractivity contribution in [1.82, 2.24) is 19.6 Å². The lowest BCUT2D eigenvalue weighted by molar-refractivity contribution is -0.156. The first-order valence-electron chi connectivity index (χ1n) is 8.23. The maximum atomic E-state index is 12.6. The molecule has 2 amide bonds. The summed E-state index contributed by atoms with van der Waals surface area (Å²) in [6.07, 6.45) is 5.11. The van der Waals surface area contributed by atoms with E-state index in [1.807, 2.05) is 16.1 Å². The maximum Gasteiger partial charge on any atom is 0.272 e. The van der Waals surface area contributed by atoms with E-state index in [4.69, 9.17) is 4.74 Å². The molecule has 3 rings (SSSR count). The summed E-state index contributed by atoms with van der Waals surface area (Å²) in [5.74, 6) is 0.704. The minimum atomic E-state index is -0.296. The van der Waals surface area contributed by atoms with Crippen LogP contribution >= 0.6 is 11.8 Å². The Labute approximate surface area is 146 Å². The molecule has 2 aliphatic heterocycles. The summed E-state index contributed by atoms with van der Waals surface area (Å²) in [7, 11) is 1.78. The number of piperidine rings is 1. The average molecular weight is 352 g/mol. The molecule has 2 aliphatic rings. The lowest BCUT2D eigenvalue weighted by Crippen LogP contribution is -2.58. The fourth-order valence-corrected chi connectivity index (χ4v) is 3.87. The third-order valence-electron chi connectivity index (χ3n) is 4.87. The number of carbonyl (C=O) groups excluding carboxylic acids is 2. The molecule has 0 aromatic carbocycles. The molecule has 3 heterocycles. The smallest absolute Gasteiger partial charge is 0.272 e. The first-order chi connectivity index (χ1) is 11.5. The Balaban J connectivity index is 1.60. The van der Waals surface area contributed by atoms with Crippen LogP contribution in [0, 0.1) is 0 Å². The molecule has 8 heteroatoms. The number of hydrogen-bond acceptors (Lipinski definition) is 5. The van der Waals surface area contributed by atoms with Crippen molar-refractivity contribution < 1.29 is 14.3 Å². The SMILES string of the molecule is CSCC(=O)N1CCOC2(CCN(C(=O)c3ccnn3C)CC2)C1. The second kappa shape index (κ2) is 7.14. The molecule has 24 heavy (non-hydrogen) atoms. The summed E-state index contributed by atoms with van der Waals surface area (Å²) in [4.78, 5) is 28.5. The molecular weight excluding hydrogens is 328 g/mol. The van der Waals surface area contributed by atoms with E-state index in [0.29, 0.717) is 44.2 Å². The summed E-state index contributed by atoms with van der Waals surface area (Å²) >= 11 is 1.55. The molecule has 0 unspecified atom stereocenters. The van der Waals surface area contributed by atoms with E-state index < -0.39 is 0 Å². The van der Waals surface area contributed by atoms with Gasteiger partial charge in [-0.25, -0.2) is 0 Å². The molecule has 2 fully saturated rings. The number of thioether (sulfide) groups is 1. The van der Waals surface area contributed by atoms with Gasteiger partial charge in [0, 0.05) is 39.4 Å². The molecule has 7 nitrogen and oxygen atoms in total. The normalized spacial score (nSPS) is 20.4. The monoisotopic (exact) mass is 352 g/mol. The Bertz CT molecular complexity index is 610. The van der Waals surface area contributed by atoms with Gasteiger partial charge in [0.1, 0.15) is 5.69 Å². The van der Waals surface area contributed by atoms with E-state index in [2.05, 4.69) is 5.10 Å². The topological polar surface area (TPSA) is 67.7 Å². The molecule has 0 bridgehead atoms. The number of aryl methyl sites for hydroxylation is 1. The molecule has 0 saturated carbocycles. The first-order valence-corrected chi connectivity index (χ1v) is 9.62. The quantitative estimate of drug-likeness (QED) is 0.798. The summed E-state index contributed by atoms with van der Waals surface area (Å²) in [6.45, 7) is 3.18. The molecule has 0 aliphatic carbocycles. The number of morpholine rings is 1. The van der Waals surface area contributed by atoms with E-state index >= 15 is 0 Å². The van der Waals surface area contributed by atoms with Gasteiger partial charge in [-0.3, -0.25) is 14.3 Å². The number of carbonyl (C=O) groups is 2. The fourth-order valence-electron chi connectivity index (χ4n) is 3.44. The molecule has 1 spiro atoms. The van der Waals surface area contributed by atoms with Crippen LogP contribution in [0.4, 0.5) is 0 Å². The standard InChI is InChI=1S/C16H24N4O3S/c1-18-13(3-6-17-18)15(22)19-7-4-16(5-8-19)12-20(9-10-23-16)14(21)11-24-2/h3,6H,4-5,7-12H2,1-2H3. The van der Waals surface area contributed by atoms with Crippen LogP contribution in [0.5, 0.6) is 0 Å². The number of ether oxygens (including phenoxy) is 1. The van der Waals surface area contributed by atoms with Crippen molar-refractivity contribution in [3.05, 3.63) is 18.0 Å². The number of likely N-dealkylation sites (tertiary alicyclic amines) is 1. The van der Waals surface area contributed by atoms with Crippen LogP contribution in [0.25, 0.3) is 0 Å². The largest absolute Gasteiger partial charge is 0.371 e. The van der Waals surface area contributed by atoms with Gasteiger partial charge >= 0.3 is 0 Å². The second-order valence-electron chi connectivity index (χ2n) is 6.41. The summed E-state index contributed by atoms with van der Waals surface area (Å²) in [6, 6.07) is 1.74. The van der Waals surface area contributed by atoms with E-state index in [-0.39, 0.29) is 17.4 Å². The van der Waals surface area contributed by atoms with Gasteiger partial charge in [0.15, 0.2) is 0 Å². The highest BCUT2D eigenvalue weighted by Gasteiger charge is 2.41. The van der Waals surface area contributed by atoms with Crippen molar-refractivity contribution >= 4 is 23.6 Å². The number of aromatic nitrogens is 2. The van der Waals surface area contributed by atoms with Crippen LogP contribution in [0.3, 0.4) is 0 Å². The third-order valence-corrected chi connectivity index (χ3v) is 5.41. The zero-order chi connectivity index (χ0) is 17.2. The molecule has 1 aromatic heterocycles. The average Bonchev–Trinajstić information content (AvgIpc) is 3.01. The van der Waals surface area contributed by atoms with Gasteiger partial charge in [0.05, 0.1) is 18.0 Å². The second-order valence-corrected chi connectivity index (χ2v) is 7.28. The van der Waals surface area contributed by atoms with Crippen LogP contribution in [-0.2, 0) is 16.6 Å². The van der Waals surface area contributed by atoms with Crippen molar-refractivity contribution in [2.45, 2.75) is 18.4 Å². The lowest BCUT2D eigenvalue weighted by Gasteiger charge is -2.47. The van der Waals surface area contributed by atoms with E-state index in [1.165, 1.54) is 0 Å². The van der Waals surface area contributed by atoms with Gasteiger partial charge < -0.3 is 14.5 Å². The Kier molecular flexibility index (Phi) is 5.15. The van der Waals surface area contributed by atoms with Gasteiger partial charge in [0.2, 0.25) is 5.91 Å². The molecule has 0 N–H and O–H groups in total. The first kappa shape index (κ1) is 17.3. The number of nitrogens with zero attached hydrogens (tertiary/aromatic N) is 4. The van der Waals surface area contributed by atoms with Crippen molar-refractivity contribution in [2.75, 3.05) is 44.8 Å². The molecule has 2 saturated heterocycles. The molecule has 0 radical (unpaired) electrons. The highest BCUT2D eigenvalue weighted by molar-refractivity contribution is 7.99. The minimum Gasteiger partial charge on any atom is -0.371 e. The zero-order valence-electron chi connectivity index (χ0n) is 14.2. The maximum absolute atomic E-state index is 12.6. The number of rotatable bonds is 3. The Morgan fingerprint density at radius 3 is 2.67 bits per heavy atom.